The number of carbonyl (C=O) groups is 1. The number of aliphatic carboxylic acids is 1. The van der Waals surface area contributed by atoms with Crippen LogP contribution in [0.2, 0.25) is 0 Å². The summed E-state index contributed by atoms with van der Waals surface area (Å²) >= 11 is 4.83. The lowest BCUT2D eigenvalue weighted by Gasteiger charge is -2.06. The highest BCUT2D eigenvalue weighted by molar-refractivity contribution is 9.10. The highest BCUT2D eigenvalue weighted by Gasteiger charge is 2.06. The second-order valence-electron chi connectivity index (χ2n) is 3.27. The highest BCUT2D eigenvalue weighted by Crippen LogP contribution is 2.32. The van der Waals surface area contributed by atoms with E-state index in [1.54, 1.807) is 0 Å². The molecule has 0 aliphatic rings. The molecule has 82 valence electrons. The van der Waals surface area contributed by atoms with Gasteiger partial charge in [-0.1, -0.05) is 40.2 Å². The van der Waals surface area contributed by atoms with Gasteiger partial charge in [0.15, 0.2) is 0 Å². The van der Waals surface area contributed by atoms with E-state index in [-0.39, 0.29) is 5.75 Å². The Bertz CT molecular complexity index is 540. The van der Waals surface area contributed by atoms with Crippen LogP contribution in [0.3, 0.4) is 0 Å². The number of benzene rings is 2. The Hall–Kier alpha value is -1.00. The number of hydrogen-bond donors (Lipinski definition) is 1. The van der Waals surface area contributed by atoms with Crippen LogP contribution in [0.5, 0.6) is 0 Å². The lowest BCUT2D eigenvalue weighted by atomic mass is 10.1. The molecular formula is C12H9BrO2S. The molecular weight excluding hydrogens is 288 g/mol. The Balaban J connectivity index is 2.46. The minimum absolute atomic E-state index is 0.0889. The Kier molecular flexibility index (Phi) is 3.51. The molecule has 0 saturated carbocycles. The molecule has 2 aromatic rings. The maximum Gasteiger partial charge on any atom is 0.313 e. The summed E-state index contributed by atoms with van der Waals surface area (Å²) in [5, 5.41) is 10.9. The van der Waals surface area contributed by atoms with Gasteiger partial charge in [0.1, 0.15) is 0 Å². The molecule has 16 heavy (non-hydrogen) atoms. The molecule has 0 saturated heterocycles. The van der Waals surface area contributed by atoms with E-state index in [1.807, 2.05) is 36.4 Å². The standard InChI is InChI=1S/C12H9BrO2S/c13-10-5-6-11(16-7-12(14)15)9-4-2-1-3-8(9)10/h1-6H,7H2,(H,14,15). The third-order valence-corrected chi connectivity index (χ3v) is 3.93. The molecule has 0 aromatic heterocycles. The third-order valence-electron chi connectivity index (χ3n) is 2.18. The Morgan fingerprint density at radius 3 is 2.56 bits per heavy atom. The van der Waals surface area contributed by atoms with Crippen molar-refractivity contribution in [2.75, 3.05) is 5.75 Å². The average Bonchev–Trinajstić information content (AvgIpc) is 2.28. The van der Waals surface area contributed by atoms with Crippen LogP contribution in [-0.4, -0.2) is 16.8 Å². The Morgan fingerprint density at radius 2 is 1.88 bits per heavy atom. The van der Waals surface area contributed by atoms with Gasteiger partial charge in [0.2, 0.25) is 0 Å². The quantitative estimate of drug-likeness (QED) is 0.876. The van der Waals surface area contributed by atoms with Crippen LogP contribution in [0, 0.1) is 0 Å². The van der Waals surface area contributed by atoms with E-state index in [4.69, 9.17) is 5.11 Å². The van der Waals surface area contributed by atoms with Crippen LogP contribution in [0.25, 0.3) is 10.8 Å². The Labute approximate surface area is 106 Å². The van der Waals surface area contributed by atoms with Crippen molar-refractivity contribution in [2.24, 2.45) is 0 Å². The average molecular weight is 297 g/mol. The largest absolute Gasteiger partial charge is 0.481 e. The predicted octanol–water partition coefficient (Wildman–Crippen LogP) is 3.78. The van der Waals surface area contributed by atoms with Gasteiger partial charge in [0.05, 0.1) is 5.75 Å². The van der Waals surface area contributed by atoms with E-state index in [2.05, 4.69) is 15.9 Å². The van der Waals surface area contributed by atoms with Gasteiger partial charge in [-0.05, 0) is 22.9 Å². The van der Waals surface area contributed by atoms with Crippen molar-refractivity contribution in [2.45, 2.75) is 4.90 Å². The molecule has 2 rings (SSSR count). The molecule has 1 N–H and O–H groups in total. The van der Waals surface area contributed by atoms with E-state index in [1.165, 1.54) is 11.8 Å². The number of hydrogen-bond acceptors (Lipinski definition) is 2. The van der Waals surface area contributed by atoms with Crippen molar-refractivity contribution < 1.29 is 9.90 Å². The zero-order valence-corrected chi connectivity index (χ0v) is 10.7. The molecule has 0 aliphatic heterocycles. The third kappa shape index (κ3) is 2.39. The number of thioether (sulfide) groups is 1. The van der Waals surface area contributed by atoms with Crippen LogP contribution in [-0.2, 0) is 4.79 Å². The van der Waals surface area contributed by atoms with Crippen molar-refractivity contribution in [1.29, 1.82) is 0 Å². The first kappa shape index (κ1) is 11.5. The molecule has 4 heteroatoms. The monoisotopic (exact) mass is 296 g/mol. The van der Waals surface area contributed by atoms with E-state index in [0.717, 1.165) is 20.1 Å². The molecule has 0 aliphatic carbocycles. The maximum absolute atomic E-state index is 10.5. The van der Waals surface area contributed by atoms with Gasteiger partial charge in [0, 0.05) is 9.37 Å². The van der Waals surface area contributed by atoms with Crippen LogP contribution >= 0.6 is 27.7 Å². The van der Waals surface area contributed by atoms with Crippen molar-refractivity contribution >= 4 is 44.4 Å². The maximum atomic E-state index is 10.5. The first-order valence-corrected chi connectivity index (χ1v) is 6.48. The Morgan fingerprint density at radius 1 is 1.19 bits per heavy atom. The number of carboxylic acids is 1. The van der Waals surface area contributed by atoms with Gasteiger partial charge in [-0.15, -0.1) is 11.8 Å². The molecule has 0 amide bonds. The van der Waals surface area contributed by atoms with E-state index in [9.17, 15) is 4.79 Å². The fourth-order valence-corrected chi connectivity index (χ4v) is 2.75. The SMILES string of the molecule is O=C(O)CSc1ccc(Br)c2ccccc12. The molecule has 0 unspecified atom stereocenters. The van der Waals surface area contributed by atoms with Gasteiger partial charge in [-0.25, -0.2) is 0 Å². The van der Waals surface area contributed by atoms with Crippen molar-refractivity contribution in [3.05, 3.63) is 40.9 Å². The summed E-state index contributed by atoms with van der Waals surface area (Å²) in [5.41, 5.74) is 0. The van der Waals surface area contributed by atoms with Crippen molar-refractivity contribution in [3.63, 3.8) is 0 Å². The van der Waals surface area contributed by atoms with E-state index < -0.39 is 5.97 Å². The van der Waals surface area contributed by atoms with Crippen molar-refractivity contribution in [1.82, 2.24) is 0 Å². The molecule has 0 fully saturated rings. The van der Waals surface area contributed by atoms with Gasteiger partial charge in [-0.2, -0.15) is 0 Å². The predicted molar refractivity (Wildman–Crippen MR) is 70.0 cm³/mol. The lowest BCUT2D eigenvalue weighted by molar-refractivity contribution is -0.133. The molecule has 0 radical (unpaired) electrons. The van der Waals surface area contributed by atoms with E-state index >= 15 is 0 Å². The highest BCUT2D eigenvalue weighted by atomic mass is 79.9. The minimum atomic E-state index is -0.794. The fraction of sp³-hybridized carbons (Fsp3) is 0.0833. The number of rotatable bonds is 3. The smallest absolute Gasteiger partial charge is 0.313 e. The topological polar surface area (TPSA) is 37.3 Å². The lowest BCUT2D eigenvalue weighted by Crippen LogP contribution is -1.97. The number of halogens is 1. The minimum Gasteiger partial charge on any atom is -0.481 e. The summed E-state index contributed by atoms with van der Waals surface area (Å²) in [6, 6.07) is 11.8. The summed E-state index contributed by atoms with van der Waals surface area (Å²) in [5.74, 6) is -0.706. The van der Waals surface area contributed by atoms with Gasteiger partial charge in [-0.3, -0.25) is 4.79 Å². The van der Waals surface area contributed by atoms with Crippen LogP contribution in [0.15, 0.2) is 45.8 Å². The molecule has 2 aromatic carbocycles. The first-order chi connectivity index (χ1) is 7.68. The molecule has 0 bridgehead atoms. The summed E-state index contributed by atoms with van der Waals surface area (Å²) in [4.78, 5) is 11.5. The van der Waals surface area contributed by atoms with E-state index in [0.29, 0.717) is 0 Å². The summed E-state index contributed by atoms with van der Waals surface area (Å²) < 4.78 is 1.03. The van der Waals surface area contributed by atoms with Gasteiger partial charge >= 0.3 is 5.97 Å². The second-order valence-corrected chi connectivity index (χ2v) is 5.15. The normalized spacial score (nSPS) is 10.6. The summed E-state index contributed by atoms with van der Waals surface area (Å²) in [6.07, 6.45) is 0. The van der Waals surface area contributed by atoms with Gasteiger partial charge in [0.25, 0.3) is 0 Å². The molecule has 0 spiro atoms. The molecule has 2 nitrogen and oxygen atoms in total. The zero-order valence-electron chi connectivity index (χ0n) is 8.31. The number of fused-ring (bicyclic) bond motifs is 1. The second kappa shape index (κ2) is 4.89. The summed E-state index contributed by atoms with van der Waals surface area (Å²) in [7, 11) is 0. The molecule has 0 atom stereocenters. The van der Waals surface area contributed by atoms with Crippen LogP contribution in [0.4, 0.5) is 0 Å². The molecule has 0 heterocycles. The summed E-state index contributed by atoms with van der Waals surface area (Å²) in [6.45, 7) is 0. The zero-order chi connectivity index (χ0) is 11.5. The number of carboxylic acid groups (broad SMARTS) is 1. The van der Waals surface area contributed by atoms with Crippen LogP contribution < -0.4 is 0 Å². The fourth-order valence-electron chi connectivity index (χ4n) is 1.50. The van der Waals surface area contributed by atoms with Crippen molar-refractivity contribution in [3.8, 4) is 0 Å². The van der Waals surface area contributed by atoms with Gasteiger partial charge < -0.3 is 5.11 Å². The van der Waals surface area contributed by atoms with Crippen LogP contribution in [0.1, 0.15) is 0 Å². The first-order valence-electron chi connectivity index (χ1n) is 4.70.